The lowest BCUT2D eigenvalue weighted by Crippen LogP contribution is -2.38. The van der Waals surface area contributed by atoms with Crippen LogP contribution in [0.5, 0.6) is 0 Å². The fourth-order valence-corrected chi connectivity index (χ4v) is 1.42. The van der Waals surface area contributed by atoms with Gasteiger partial charge in [0, 0.05) is 24.5 Å². The van der Waals surface area contributed by atoms with E-state index in [4.69, 9.17) is 5.11 Å². The second-order valence-corrected chi connectivity index (χ2v) is 4.80. The molecule has 2 N–H and O–H groups in total. The zero-order valence-corrected chi connectivity index (χ0v) is 11.2. The maximum atomic E-state index is 11.7. The number of carbonyl (C=O) groups excluding carboxylic acids is 1. The molecule has 1 unspecified atom stereocenters. The van der Waals surface area contributed by atoms with E-state index < -0.39 is 11.4 Å². The summed E-state index contributed by atoms with van der Waals surface area (Å²) in [5.74, 6) is -1.20. The van der Waals surface area contributed by atoms with Crippen molar-refractivity contribution in [3.8, 4) is 0 Å². The van der Waals surface area contributed by atoms with E-state index in [-0.39, 0.29) is 24.1 Å². The number of aromatic nitrogens is 1. The van der Waals surface area contributed by atoms with E-state index in [1.807, 2.05) is 20.8 Å². The second-order valence-electron chi connectivity index (χ2n) is 4.80. The van der Waals surface area contributed by atoms with E-state index in [0.29, 0.717) is 5.92 Å². The van der Waals surface area contributed by atoms with Gasteiger partial charge in [0.05, 0.1) is 0 Å². The van der Waals surface area contributed by atoms with Gasteiger partial charge in [-0.25, -0.2) is 4.79 Å². The molecule has 0 aliphatic carbocycles. The fraction of sp³-hybridized carbons (Fsp3) is 0.462. The van der Waals surface area contributed by atoms with Crippen LogP contribution in [0.2, 0.25) is 0 Å². The number of hydrogen-bond donors (Lipinski definition) is 2. The molecule has 1 aromatic heterocycles. The lowest BCUT2D eigenvalue weighted by Gasteiger charge is -2.18. The summed E-state index contributed by atoms with van der Waals surface area (Å²) in [6, 6.07) is 1.17. The van der Waals surface area contributed by atoms with Crippen LogP contribution < -0.4 is 10.7 Å². The number of pyridine rings is 1. The minimum Gasteiger partial charge on any atom is -0.477 e. The number of aromatic carboxylic acids is 1. The van der Waals surface area contributed by atoms with Gasteiger partial charge in [0.25, 0.3) is 0 Å². The van der Waals surface area contributed by atoms with Crippen LogP contribution in [-0.4, -0.2) is 27.6 Å². The van der Waals surface area contributed by atoms with Crippen molar-refractivity contribution in [3.63, 3.8) is 0 Å². The fourth-order valence-electron chi connectivity index (χ4n) is 1.42. The Morgan fingerprint density at radius 1 is 1.37 bits per heavy atom. The lowest BCUT2D eigenvalue weighted by atomic mass is 10.1. The zero-order valence-electron chi connectivity index (χ0n) is 11.2. The molecule has 0 aliphatic rings. The van der Waals surface area contributed by atoms with Crippen molar-refractivity contribution >= 4 is 11.9 Å². The quantitative estimate of drug-likeness (QED) is 0.821. The van der Waals surface area contributed by atoms with Gasteiger partial charge in [0.2, 0.25) is 5.91 Å². The number of carboxylic acids is 1. The van der Waals surface area contributed by atoms with Crippen LogP contribution >= 0.6 is 0 Å². The molecule has 0 aromatic carbocycles. The first-order valence-electron chi connectivity index (χ1n) is 6.04. The van der Waals surface area contributed by atoms with Crippen LogP contribution in [0.15, 0.2) is 23.3 Å². The van der Waals surface area contributed by atoms with Crippen LogP contribution in [-0.2, 0) is 11.3 Å². The highest BCUT2D eigenvalue weighted by atomic mass is 16.4. The third kappa shape index (κ3) is 4.24. The van der Waals surface area contributed by atoms with Gasteiger partial charge in [0.15, 0.2) is 5.43 Å². The molecule has 19 heavy (non-hydrogen) atoms. The molecular formula is C13H18N2O4. The Balaban J connectivity index is 2.78. The van der Waals surface area contributed by atoms with E-state index in [0.717, 1.165) is 6.07 Å². The SMILES string of the molecule is CC(C)C(C)NC(=O)Cn1ccc(=O)c(C(=O)O)c1. The largest absolute Gasteiger partial charge is 0.477 e. The maximum absolute atomic E-state index is 11.7. The molecule has 104 valence electrons. The van der Waals surface area contributed by atoms with Gasteiger partial charge < -0.3 is 15.0 Å². The van der Waals surface area contributed by atoms with E-state index in [2.05, 4.69) is 5.32 Å². The van der Waals surface area contributed by atoms with Crippen molar-refractivity contribution in [1.29, 1.82) is 0 Å². The minimum atomic E-state index is -1.30. The van der Waals surface area contributed by atoms with Gasteiger partial charge in [-0.2, -0.15) is 0 Å². The van der Waals surface area contributed by atoms with Crippen molar-refractivity contribution in [3.05, 3.63) is 34.2 Å². The molecule has 0 bridgehead atoms. The molecule has 0 aliphatic heterocycles. The van der Waals surface area contributed by atoms with Gasteiger partial charge in [0.1, 0.15) is 12.1 Å². The van der Waals surface area contributed by atoms with Gasteiger partial charge in [-0.05, 0) is 12.8 Å². The normalized spacial score (nSPS) is 12.2. The Kier molecular flexibility index (Phi) is 4.86. The van der Waals surface area contributed by atoms with Gasteiger partial charge in [-0.3, -0.25) is 9.59 Å². The van der Waals surface area contributed by atoms with Crippen molar-refractivity contribution in [2.45, 2.75) is 33.4 Å². The monoisotopic (exact) mass is 266 g/mol. The van der Waals surface area contributed by atoms with Crippen molar-refractivity contribution in [2.75, 3.05) is 0 Å². The second kappa shape index (κ2) is 6.17. The molecule has 1 amide bonds. The first-order chi connectivity index (χ1) is 8.81. The number of carboxylic acid groups (broad SMARTS) is 1. The topological polar surface area (TPSA) is 88.4 Å². The Labute approximate surface area is 111 Å². The summed E-state index contributed by atoms with van der Waals surface area (Å²) in [6.07, 6.45) is 2.57. The number of carbonyl (C=O) groups is 2. The number of hydrogen-bond acceptors (Lipinski definition) is 3. The molecule has 0 saturated heterocycles. The van der Waals surface area contributed by atoms with E-state index in [1.54, 1.807) is 0 Å². The van der Waals surface area contributed by atoms with E-state index >= 15 is 0 Å². The molecule has 1 rings (SSSR count). The summed E-state index contributed by atoms with van der Waals surface area (Å²) in [7, 11) is 0. The van der Waals surface area contributed by atoms with Crippen LogP contribution in [0.1, 0.15) is 31.1 Å². The average Bonchev–Trinajstić information content (AvgIpc) is 2.30. The van der Waals surface area contributed by atoms with Crippen molar-refractivity contribution in [1.82, 2.24) is 9.88 Å². The highest BCUT2D eigenvalue weighted by molar-refractivity contribution is 5.87. The molecule has 6 heteroatoms. The summed E-state index contributed by atoms with van der Waals surface area (Å²) < 4.78 is 1.38. The van der Waals surface area contributed by atoms with Crippen LogP contribution in [0.25, 0.3) is 0 Å². The maximum Gasteiger partial charge on any atom is 0.341 e. The molecule has 0 radical (unpaired) electrons. The van der Waals surface area contributed by atoms with Crippen molar-refractivity contribution < 1.29 is 14.7 Å². The van der Waals surface area contributed by atoms with Crippen LogP contribution in [0.3, 0.4) is 0 Å². The number of rotatable bonds is 5. The highest BCUT2D eigenvalue weighted by Gasteiger charge is 2.12. The summed E-state index contributed by atoms with van der Waals surface area (Å²) in [5.41, 5.74) is -0.910. The molecular weight excluding hydrogens is 248 g/mol. The third-order valence-electron chi connectivity index (χ3n) is 2.92. The molecule has 0 fully saturated rings. The standard InChI is InChI=1S/C13H18N2O4/c1-8(2)9(3)14-12(17)7-15-5-4-11(16)10(6-15)13(18)19/h4-6,8-9H,7H2,1-3H3,(H,14,17)(H,18,19). The third-order valence-corrected chi connectivity index (χ3v) is 2.92. The predicted octanol–water partition coefficient (Wildman–Crippen LogP) is 0.707. The Morgan fingerprint density at radius 2 is 2.00 bits per heavy atom. The highest BCUT2D eigenvalue weighted by Crippen LogP contribution is 2.00. The molecule has 1 heterocycles. The molecule has 1 atom stereocenters. The van der Waals surface area contributed by atoms with Crippen LogP contribution in [0.4, 0.5) is 0 Å². The lowest BCUT2D eigenvalue weighted by molar-refractivity contribution is -0.122. The Hall–Kier alpha value is -2.11. The summed E-state index contributed by atoms with van der Waals surface area (Å²) in [4.78, 5) is 33.8. The van der Waals surface area contributed by atoms with E-state index in [9.17, 15) is 14.4 Å². The summed E-state index contributed by atoms with van der Waals surface area (Å²) in [5, 5.41) is 11.6. The average molecular weight is 266 g/mol. The Bertz CT molecular complexity index is 534. The predicted molar refractivity (Wildman–Crippen MR) is 70.1 cm³/mol. The smallest absolute Gasteiger partial charge is 0.341 e. The molecule has 6 nitrogen and oxygen atoms in total. The van der Waals surface area contributed by atoms with Gasteiger partial charge >= 0.3 is 5.97 Å². The number of nitrogens with zero attached hydrogens (tertiary/aromatic N) is 1. The van der Waals surface area contributed by atoms with Gasteiger partial charge in [-0.15, -0.1) is 0 Å². The van der Waals surface area contributed by atoms with Crippen LogP contribution in [0, 0.1) is 5.92 Å². The Morgan fingerprint density at radius 3 is 2.53 bits per heavy atom. The molecule has 0 spiro atoms. The van der Waals surface area contributed by atoms with E-state index in [1.165, 1.54) is 17.0 Å². The minimum absolute atomic E-state index is 0.0163. The number of nitrogens with one attached hydrogen (secondary N) is 1. The molecule has 1 aromatic rings. The molecule has 0 saturated carbocycles. The summed E-state index contributed by atoms with van der Waals surface area (Å²) >= 11 is 0. The summed E-state index contributed by atoms with van der Waals surface area (Å²) in [6.45, 7) is 5.87. The first-order valence-corrected chi connectivity index (χ1v) is 6.04. The first kappa shape index (κ1) is 14.9. The van der Waals surface area contributed by atoms with Crippen molar-refractivity contribution in [2.24, 2.45) is 5.92 Å². The number of amides is 1. The zero-order chi connectivity index (χ0) is 14.6. The van der Waals surface area contributed by atoms with Gasteiger partial charge in [-0.1, -0.05) is 13.8 Å².